The lowest BCUT2D eigenvalue weighted by atomic mass is 10.0. The third-order valence-electron chi connectivity index (χ3n) is 4.41. The Morgan fingerprint density at radius 3 is 2.19 bits per heavy atom. The number of halogens is 3. The number of nitrogens with one attached hydrogen (secondary N) is 1. The van der Waals surface area contributed by atoms with Crippen LogP contribution in [0.5, 0.6) is 0 Å². The van der Waals surface area contributed by atoms with E-state index in [-0.39, 0.29) is 5.69 Å². The molecule has 1 amide bonds. The second-order valence-corrected chi connectivity index (χ2v) is 6.70. The Morgan fingerprint density at radius 1 is 1.00 bits per heavy atom. The molecule has 2 rings (SSSR count). The van der Waals surface area contributed by atoms with Crippen LogP contribution in [0.1, 0.15) is 37.8 Å². The Hall–Kier alpha value is -2.34. The molecule has 0 aliphatic carbocycles. The van der Waals surface area contributed by atoms with Crippen molar-refractivity contribution >= 4 is 11.6 Å². The zero-order valence-corrected chi connectivity index (χ0v) is 15.3. The second kappa shape index (κ2) is 8.36. The summed E-state index contributed by atoms with van der Waals surface area (Å²) in [5.74, 6) is -4.37. The predicted molar refractivity (Wildman–Crippen MR) is 96.4 cm³/mol. The number of likely N-dealkylation sites (N-methyl/N-ethyl adjacent to an activating group) is 1. The van der Waals surface area contributed by atoms with Crippen molar-refractivity contribution in [2.45, 2.75) is 39.3 Å². The summed E-state index contributed by atoms with van der Waals surface area (Å²) in [5.41, 5.74) is 1.89. The number of rotatable bonds is 6. The molecular formula is C20H23F3N2O. The maximum absolute atomic E-state index is 13.7. The maximum Gasteiger partial charge on any atom is 0.241 e. The lowest BCUT2D eigenvalue weighted by Crippen LogP contribution is -2.39. The number of carbonyl (C=O) groups excluding carboxylic acids is 1. The summed E-state index contributed by atoms with van der Waals surface area (Å²) in [6, 6.07) is 9.30. The minimum atomic E-state index is -1.60. The van der Waals surface area contributed by atoms with Gasteiger partial charge >= 0.3 is 0 Å². The van der Waals surface area contributed by atoms with Crippen LogP contribution in [0.4, 0.5) is 18.9 Å². The van der Waals surface area contributed by atoms with Gasteiger partial charge in [0.1, 0.15) is 0 Å². The van der Waals surface area contributed by atoms with E-state index in [9.17, 15) is 18.0 Å². The topological polar surface area (TPSA) is 32.3 Å². The molecule has 2 aromatic carbocycles. The average molecular weight is 364 g/mol. The van der Waals surface area contributed by atoms with Gasteiger partial charge in [0, 0.05) is 6.54 Å². The highest BCUT2D eigenvalue weighted by molar-refractivity contribution is 5.94. The molecule has 26 heavy (non-hydrogen) atoms. The minimum Gasteiger partial charge on any atom is -0.322 e. The van der Waals surface area contributed by atoms with Crippen molar-refractivity contribution in [2.75, 3.05) is 12.4 Å². The van der Waals surface area contributed by atoms with Crippen molar-refractivity contribution in [3.63, 3.8) is 0 Å². The summed E-state index contributed by atoms with van der Waals surface area (Å²) in [4.78, 5) is 14.1. The number of anilines is 1. The summed E-state index contributed by atoms with van der Waals surface area (Å²) in [6.07, 6.45) is 0. The molecule has 0 bridgehead atoms. The van der Waals surface area contributed by atoms with Gasteiger partial charge in [-0.15, -0.1) is 0 Å². The molecule has 0 unspecified atom stereocenters. The van der Waals surface area contributed by atoms with Gasteiger partial charge in [-0.2, -0.15) is 0 Å². The Bertz CT molecular complexity index is 775. The van der Waals surface area contributed by atoms with E-state index in [1.54, 1.807) is 18.9 Å². The lowest BCUT2D eigenvalue weighted by molar-refractivity contribution is -0.120. The fourth-order valence-electron chi connectivity index (χ4n) is 2.49. The summed E-state index contributed by atoms with van der Waals surface area (Å²) in [7, 11) is 1.77. The Balaban J connectivity index is 2.02. The van der Waals surface area contributed by atoms with Crippen LogP contribution in [0, 0.1) is 17.5 Å². The van der Waals surface area contributed by atoms with E-state index in [2.05, 4.69) is 31.3 Å². The lowest BCUT2D eigenvalue weighted by Gasteiger charge is -2.24. The van der Waals surface area contributed by atoms with E-state index < -0.39 is 29.4 Å². The van der Waals surface area contributed by atoms with Gasteiger partial charge in [-0.25, -0.2) is 13.2 Å². The van der Waals surface area contributed by atoms with Gasteiger partial charge in [0.05, 0.1) is 11.7 Å². The maximum atomic E-state index is 13.7. The highest BCUT2D eigenvalue weighted by Gasteiger charge is 2.21. The molecule has 0 radical (unpaired) electrons. The molecule has 0 saturated heterocycles. The number of benzene rings is 2. The summed E-state index contributed by atoms with van der Waals surface area (Å²) in [6.45, 7) is 6.42. The van der Waals surface area contributed by atoms with Crippen molar-refractivity contribution in [3.05, 3.63) is 65.0 Å². The molecule has 0 heterocycles. The molecule has 0 aliphatic heterocycles. The van der Waals surface area contributed by atoms with Gasteiger partial charge in [-0.05, 0) is 43.1 Å². The molecule has 0 aliphatic rings. The quantitative estimate of drug-likeness (QED) is 0.755. The van der Waals surface area contributed by atoms with Gasteiger partial charge in [0.25, 0.3) is 0 Å². The first kappa shape index (κ1) is 20.0. The molecule has 140 valence electrons. The number of carbonyl (C=O) groups is 1. The van der Waals surface area contributed by atoms with E-state index in [1.165, 1.54) is 5.56 Å². The molecule has 0 aromatic heterocycles. The number of hydrogen-bond donors (Lipinski definition) is 1. The van der Waals surface area contributed by atoms with Gasteiger partial charge in [0.2, 0.25) is 5.91 Å². The molecule has 0 spiro atoms. The third-order valence-corrected chi connectivity index (χ3v) is 4.41. The molecule has 0 fully saturated rings. The summed E-state index contributed by atoms with van der Waals surface area (Å²) < 4.78 is 39.9. The third kappa shape index (κ3) is 4.64. The first-order valence-electron chi connectivity index (χ1n) is 8.44. The molecule has 1 N–H and O–H groups in total. The van der Waals surface area contributed by atoms with Gasteiger partial charge in [0.15, 0.2) is 17.5 Å². The number of nitrogens with zero attached hydrogens (tertiary/aromatic N) is 1. The molecule has 3 nitrogen and oxygen atoms in total. The summed E-state index contributed by atoms with van der Waals surface area (Å²) >= 11 is 0. The summed E-state index contributed by atoms with van der Waals surface area (Å²) in [5, 5.41) is 2.31. The normalized spacial score (nSPS) is 12.5. The highest BCUT2D eigenvalue weighted by Crippen LogP contribution is 2.20. The van der Waals surface area contributed by atoms with Crippen LogP contribution in [0.15, 0.2) is 36.4 Å². The van der Waals surface area contributed by atoms with Crippen LogP contribution in [0.3, 0.4) is 0 Å². The van der Waals surface area contributed by atoms with Crippen LogP contribution in [-0.2, 0) is 11.3 Å². The largest absolute Gasteiger partial charge is 0.322 e. The van der Waals surface area contributed by atoms with Crippen LogP contribution in [0.25, 0.3) is 0 Å². The van der Waals surface area contributed by atoms with Crippen LogP contribution in [-0.4, -0.2) is 23.9 Å². The van der Waals surface area contributed by atoms with E-state index in [4.69, 9.17) is 0 Å². The highest BCUT2D eigenvalue weighted by atomic mass is 19.2. The predicted octanol–water partition coefficient (Wildman–Crippen LogP) is 4.69. The molecule has 2 aromatic rings. The molecule has 6 heteroatoms. The van der Waals surface area contributed by atoms with E-state index in [0.717, 1.165) is 17.7 Å². The van der Waals surface area contributed by atoms with Crippen molar-refractivity contribution < 1.29 is 18.0 Å². The van der Waals surface area contributed by atoms with Crippen molar-refractivity contribution in [2.24, 2.45) is 0 Å². The first-order chi connectivity index (χ1) is 12.2. The second-order valence-electron chi connectivity index (χ2n) is 6.70. The molecule has 0 saturated carbocycles. The average Bonchev–Trinajstić information content (AvgIpc) is 2.61. The van der Waals surface area contributed by atoms with Gasteiger partial charge < -0.3 is 5.32 Å². The standard InChI is InChI=1S/C20H23F3N2O/c1-12(2)15-7-5-14(6-8-15)11-25(4)13(3)20(26)24-17-10-9-16(21)18(22)19(17)23/h5-10,12-13H,11H2,1-4H3,(H,24,26)/t13-/m0/s1. The number of hydrogen-bond acceptors (Lipinski definition) is 2. The van der Waals surface area contributed by atoms with Crippen molar-refractivity contribution in [3.8, 4) is 0 Å². The van der Waals surface area contributed by atoms with Crippen LogP contribution in [0.2, 0.25) is 0 Å². The monoisotopic (exact) mass is 364 g/mol. The molecular weight excluding hydrogens is 341 g/mol. The smallest absolute Gasteiger partial charge is 0.241 e. The van der Waals surface area contributed by atoms with Crippen LogP contribution >= 0.6 is 0 Å². The van der Waals surface area contributed by atoms with E-state index in [1.807, 2.05) is 12.1 Å². The Labute approximate surface area is 151 Å². The fourth-order valence-corrected chi connectivity index (χ4v) is 2.49. The Morgan fingerprint density at radius 2 is 1.62 bits per heavy atom. The minimum absolute atomic E-state index is 0.379. The SMILES string of the molecule is CC(C)c1ccc(CN(C)[C@@H](C)C(=O)Nc2ccc(F)c(F)c2F)cc1. The number of amides is 1. The van der Waals surface area contributed by atoms with Crippen molar-refractivity contribution in [1.29, 1.82) is 0 Å². The Kier molecular flexibility index (Phi) is 6.42. The first-order valence-corrected chi connectivity index (χ1v) is 8.44. The zero-order valence-electron chi connectivity index (χ0n) is 15.3. The fraction of sp³-hybridized carbons (Fsp3) is 0.350. The van der Waals surface area contributed by atoms with Gasteiger partial charge in [-0.3, -0.25) is 9.69 Å². The van der Waals surface area contributed by atoms with Crippen molar-refractivity contribution in [1.82, 2.24) is 4.90 Å². The van der Waals surface area contributed by atoms with Gasteiger partial charge in [-0.1, -0.05) is 38.1 Å². The zero-order chi connectivity index (χ0) is 19.4. The molecule has 1 atom stereocenters. The van der Waals surface area contributed by atoms with Crippen LogP contribution < -0.4 is 5.32 Å². The van der Waals surface area contributed by atoms with E-state index in [0.29, 0.717) is 12.5 Å². The van der Waals surface area contributed by atoms with E-state index >= 15 is 0 Å².